The summed E-state index contributed by atoms with van der Waals surface area (Å²) in [4.78, 5) is 23.7. The first kappa shape index (κ1) is 27.2. The molecule has 0 saturated heterocycles. The van der Waals surface area contributed by atoms with Crippen LogP contribution in [0.3, 0.4) is 0 Å². The summed E-state index contributed by atoms with van der Waals surface area (Å²) in [6.45, 7) is 2.85. The third-order valence-electron chi connectivity index (χ3n) is 5.37. The second kappa shape index (κ2) is 17.5. The molecule has 1 N–H and O–H groups in total. The third-order valence-corrected chi connectivity index (χ3v) is 5.37. The zero-order chi connectivity index (χ0) is 24.3. The van der Waals surface area contributed by atoms with Crippen LogP contribution in [0.15, 0.2) is 54.6 Å². The fourth-order valence-corrected chi connectivity index (χ4v) is 3.46. The van der Waals surface area contributed by atoms with Gasteiger partial charge in [0, 0.05) is 6.54 Å². The van der Waals surface area contributed by atoms with Crippen molar-refractivity contribution in [2.75, 3.05) is 13.2 Å². The van der Waals surface area contributed by atoms with Gasteiger partial charge in [-0.25, -0.2) is 4.79 Å². The number of para-hydroxylation sites is 1. The number of esters is 1. The van der Waals surface area contributed by atoms with Crippen molar-refractivity contribution in [2.45, 2.75) is 77.6 Å². The zero-order valence-electron chi connectivity index (χ0n) is 20.4. The molecule has 0 saturated carbocycles. The van der Waals surface area contributed by atoms with Crippen molar-refractivity contribution in [3.8, 4) is 17.2 Å². The summed E-state index contributed by atoms with van der Waals surface area (Å²) in [5, 5.41) is 2.57. The Bertz CT molecular complexity index is 807. The molecule has 0 spiro atoms. The highest BCUT2D eigenvalue weighted by Gasteiger charge is 2.07. The number of benzene rings is 2. The van der Waals surface area contributed by atoms with E-state index in [0.29, 0.717) is 18.1 Å². The van der Waals surface area contributed by atoms with Gasteiger partial charge in [0.2, 0.25) is 0 Å². The Labute approximate surface area is 204 Å². The Morgan fingerprint density at radius 1 is 0.706 bits per heavy atom. The number of carbonyl (C=O) groups is 2. The topological polar surface area (TPSA) is 73.9 Å². The molecule has 1 amide bonds. The van der Waals surface area contributed by atoms with Crippen LogP contribution in [0.25, 0.3) is 0 Å². The minimum Gasteiger partial charge on any atom is -0.466 e. The fraction of sp³-hybridized carbons (Fsp3) is 0.500. The van der Waals surface area contributed by atoms with E-state index < -0.39 is 6.09 Å². The highest BCUT2D eigenvalue weighted by atomic mass is 16.6. The molecule has 0 unspecified atom stereocenters. The van der Waals surface area contributed by atoms with E-state index >= 15 is 0 Å². The van der Waals surface area contributed by atoms with Crippen molar-refractivity contribution in [1.82, 2.24) is 5.32 Å². The van der Waals surface area contributed by atoms with Gasteiger partial charge in [-0.15, -0.1) is 0 Å². The molecule has 0 aliphatic rings. The smallest absolute Gasteiger partial charge is 0.412 e. The molecule has 186 valence electrons. The maximum absolute atomic E-state index is 11.9. The van der Waals surface area contributed by atoms with E-state index in [1.807, 2.05) is 30.3 Å². The van der Waals surface area contributed by atoms with Crippen molar-refractivity contribution >= 4 is 12.1 Å². The molecule has 0 atom stereocenters. The van der Waals surface area contributed by atoms with Crippen LogP contribution in [0, 0.1) is 0 Å². The first-order valence-corrected chi connectivity index (χ1v) is 12.6. The molecule has 2 aromatic rings. The average molecular weight is 470 g/mol. The van der Waals surface area contributed by atoms with Gasteiger partial charge in [0.25, 0.3) is 0 Å². The van der Waals surface area contributed by atoms with E-state index in [4.69, 9.17) is 14.2 Å². The Morgan fingerprint density at radius 2 is 1.26 bits per heavy atom. The number of amides is 1. The summed E-state index contributed by atoms with van der Waals surface area (Å²) in [7, 11) is 0. The molecule has 2 rings (SSSR count). The lowest BCUT2D eigenvalue weighted by Crippen LogP contribution is -2.29. The Kier molecular flexibility index (Phi) is 14.0. The van der Waals surface area contributed by atoms with Crippen molar-refractivity contribution in [2.24, 2.45) is 0 Å². The van der Waals surface area contributed by atoms with E-state index in [1.165, 1.54) is 51.4 Å². The predicted molar refractivity (Wildman–Crippen MR) is 134 cm³/mol. The molecule has 2 aromatic carbocycles. The fourth-order valence-electron chi connectivity index (χ4n) is 3.46. The second-order valence-electron chi connectivity index (χ2n) is 8.36. The predicted octanol–water partition coefficient (Wildman–Crippen LogP) is 7.42. The van der Waals surface area contributed by atoms with Crippen molar-refractivity contribution in [1.29, 1.82) is 0 Å². The van der Waals surface area contributed by atoms with Crippen molar-refractivity contribution < 1.29 is 23.8 Å². The van der Waals surface area contributed by atoms with Gasteiger partial charge in [0.05, 0.1) is 13.0 Å². The number of carbonyl (C=O) groups excluding carboxylic acids is 2. The number of nitrogens with one attached hydrogen (secondary N) is 1. The van der Waals surface area contributed by atoms with Crippen LogP contribution in [0.4, 0.5) is 4.79 Å². The standard InChI is InChI=1S/C28H39NO5/c1-2-3-4-5-6-7-8-9-10-14-23-32-27(30)21-22-29-28(31)34-26-19-17-25(18-20-26)33-24-15-12-11-13-16-24/h11-13,15-20H,2-10,14,21-23H2,1H3,(H,29,31). The number of hydrogen-bond acceptors (Lipinski definition) is 5. The van der Waals surface area contributed by atoms with Gasteiger partial charge in [0.1, 0.15) is 17.2 Å². The molecule has 0 aliphatic carbocycles. The van der Waals surface area contributed by atoms with Gasteiger partial charge in [-0.1, -0.05) is 82.9 Å². The summed E-state index contributed by atoms with van der Waals surface area (Å²) >= 11 is 0. The highest BCUT2D eigenvalue weighted by Crippen LogP contribution is 2.23. The largest absolute Gasteiger partial charge is 0.466 e. The Hall–Kier alpha value is -3.02. The van der Waals surface area contributed by atoms with E-state index in [2.05, 4.69) is 12.2 Å². The van der Waals surface area contributed by atoms with Crippen LogP contribution < -0.4 is 14.8 Å². The number of unbranched alkanes of at least 4 members (excludes halogenated alkanes) is 9. The highest BCUT2D eigenvalue weighted by molar-refractivity contribution is 5.73. The minimum atomic E-state index is -0.612. The molecule has 0 radical (unpaired) electrons. The molecule has 0 aromatic heterocycles. The van der Waals surface area contributed by atoms with E-state index in [1.54, 1.807) is 24.3 Å². The van der Waals surface area contributed by atoms with E-state index in [0.717, 1.165) is 18.6 Å². The van der Waals surface area contributed by atoms with Gasteiger partial charge in [-0.05, 0) is 42.8 Å². The first-order valence-electron chi connectivity index (χ1n) is 12.6. The quantitative estimate of drug-likeness (QED) is 0.193. The Balaban J connectivity index is 1.46. The number of hydrogen-bond donors (Lipinski definition) is 1. The Morgan fingerprint density at radius 3 is 1.91 bits per heavy atom. The molecular weight excluding hydrogens is 430 g/mol. The summed E-state index contributed by atoms with van der Waals surface area (Å²) in [5.41, 5.74) is 0. The molecule has 34 heavy (non-hydrogen) atoms. The molecular formula is C28H39NO5. The van der Waals surface area contributed by atoms with Crippen molar-refractivity contribution in [3.63, 3.8) is 0 Å². The minimum absolute atomic E-state index is 0.122. The lowest BCUT2D eigenvalue weighted by molar-refractivity contribution is -0.143. The van der Waals surface area contributed by atoms with Crippen LogP contribution >= 0.6 is 0 Å². The first-order chi connectivity index (χ1) is 16.7. The van der Waals surface area contributed by atoms with Crippen LogP contribution in [-0.2, 0) is 9.53 Å². The summed E-state index contributed by atoms with van der Waals surface area (Å²) in [6.07, 6.45) is 11.9. The molecule has 0 bridgehead atoms. The molecule has 0 fully saturated rings. The summed E-state index contributed by atoms with van der Waals surface area (Å²) in [5.74, 6) is 1.46. The van der Waals surface area contributed by atoms with Crippen LogP contribution in [0.5, 0.6) is 17.2 Å². The normalized spacial score (nSPS) is 10.5. The SMILES string of the molecule is CCCCCCCCCCCCOC(=O)CCNC(=O)Oc1ccc(Oc2ccccc2)cc1. The van der Waals surface area contributed by atoms with Gasteiger partial charge < -0.3 is 19.5 Å². The maximum atomic E-state index is 11.9. The van der Waals surface area contributed by atoms with E-state index in [-0.39, 0.29) is 18.9 Å². The monoisotopic (exact) mass is 469 g/mol. The summed E-state index contributed by atoms with van der Waals surface area (Å²) in [6, 6.07) is 16.2. The summed E-state index contributed by atoms with van der Waals surface area (Å²) < 4.78 is 16.2. The lowest BCUT2D eigenvalue weighted by Gasteiger charge is -2.09. The van der Waals surface area contributed by atoms with Gasteiger partial charge in [-0.3, -0.25) is 4.79 Å². The maximum Gasteiger partial charge on any atom is 0.412 e. The van der Waals surface area contributed by atoms with Gasteiger partial charge >= 0.3 is 12.1 Å². The second-order valence-corrected chi connectivity index (χ2v) is 8.36. The van der Waals surface area contributed by atoms with Gasteiger partial charge in [0.15, 0.2) is 0 Å². The number of ether oxygens (including phenoxy) is 3. The number of rotatable bonds is 17. The molecule has 6 heteroatoms. The van der Waals surface area contributed by atoms with Crippen LogP contribution in [-0.4, -0.2) is 25.2 Å². The molecule has 6 nitrogen and oxygen atoms in total. The molecule has 0 aliphatic heterocycles. The average Bonchev–Trinajstić information content (AvgIpc) is 2.84. The lowest BCUT2D eigenvalue weighted by atomic mass is 10.1. The van der Waals surface area contributed by atoms with Gasteiger partial charge in [-0.2, -0.15) is 0 Å². The third kappa shape index (κ3) is 12.9. The van der Waals surface area contributed by atoms with Crippen LogP contribution in [0.2, 0.25) is 0 Å². The van der Waals surface area contributed by atoms with E-state index in [9.17, 15) is 9.59 Å². The van der Waals surface area contributed by atoms with Crippen molar-refractivity contribution in [3.05, 3.63) is 54.6 Å². The molecule has 0 heterocycles. The van der Waals surface area contributed by atoms with Crippen LogP contribution in [0.1, 0.15) is 77.6 Å². The zero-order valence-corrected chi connectivity index (χ0v) is 20.4.